The fraction of sp³-hybridized carbons (Fsp3) is 0.316. The molecular weight excluding hydrogens is 291 g/mol. The lowest BCUT2D eigenvalue weighted by Crippen LogP contribution is -2.25. The smallest absolute Gasteiger partial charge is 0.251 e. The van der Waals surface area contributed by atoms with Gasteiger partial charge >= 0.3 is 0 Å². The number of nitrogens with zero attached hydrogens (tertiary/aromatic N) is 1. The van der Waals surface area contributed by atoms with Gasteiger partial charge in [0.2, 0.25) is 0 Å². The van der Waals surface area contributed by atoms with Crippen molar-refractivity contribution in [2.24, 2.45) is 0 Å². The first-order valence-electron chi connectivity index (χ1n) is 8.10. The molecule has 1 aliphatic heterocycles. The van der Waals surface area contributed by atoms with Crippen LogP contribution >= 0.6 is 0 Å². The molecule has 0 saturated carbocycles. The monoisotopic (exact) mass is 312 g/mol. The molecule has 1 fully saturated rings. The Kier molecular flexibility index (Phi) is 4.91. The van der Waals surface area contributed by atoms with Crippen molar-refractivity contribution in [2.75, 3.05) is 24.5 Å². The average Bonchev–Trinajstić information content (AvgIpc) is 3.10. The Morgan fingerprint density at radius 3 is 2.52 bits per heavy atom. The number of benzene rings is 2. The van der Waals surface area contributed by atoms with Crippen molar-refractivity contribution in [3.63, 3.8) is 0 Å². The second-order valence-corrected chi connectivity index (χ2v) is 5.88. The lowest BCUT2D eigenvalue weighted by molar-refractivity contribution is 0.0953. The molecule has 1 aliphatic rings. The zero-order valence-corrected chi connectivity index (χ0v) is 13.1. The van der Waals surface area contributed by atoms with Gasteiger partial charge in [-0.25, -0.2) is 4.39 Å². The second-order valence-electron chi connectivity index (χ2n) is 5.88. The summed E-state index contributed by atoms with van der Waals surface area (Å²) in [6.07, 6.45) is 3.31. The summed E-state index contributed by atoms with van der Waals surface area (Å²) in [5, 5.41) is 2.83. The lowest BCUT2D eigenvalue weighted by Gasteiger charge is -2.17. The highest BCUT2D eigenvalue weighted by molar-refractivity contribution is 5.94. The van der Waals surface area contributed by atoms with E-state index in [1.807, 2.05) is 0 Å². The summed E-state index contributed by atoms with van der Waals surface area (Å²) in [6, 6.07) is 14.3. The third-order valence-corrected chi connectivity index (χ3v) is 4.19. The topological polar surface area (TPSA) is 32.3 Å². The van der Waals surface area contributed by atoms with Gasteiger partial charge in [0.15, 0.2) is 0 Å². The van der Waals surface area contributed by atoms with E-state index in [-0.39, 0.29) is 5.91 Å². The normalized spacial score (nSPS) is 14.0. The summed E-state index contributed by atoms with van der Waals surface area (Å²) >= 11 is 0. The van der Waals surface area contributed by atoms with E-state index in [2.05, 4.69) is 34.5 Å². The van der Waals surface area contributed by atoms with Crippen LogP contribution in [0.15, 0.2) is 48.5 Å². The van der Waals surface area contributed by atoms with Gasteiger partial charge in [0.25, 0.3) is 5.91 Å². The quantitative estimate of drug-likeness (QED) is 0.918. The minimum Gasteiger partial charge on any atom is -0.372 e. The molecule has 3 rings (SSSR count). The van der Waals surface area contributed by atoms with Crippen LogP contribution in [0.1, 0.15) is 28.8 Å². The van der Waals surface area contributed by atoms with E-state index < -0.39 is 5.82 Å². The van der Waals surface area contributed by atoms with Crippen LogP contribution in [0.3, 0.4) is 0 Å². The van der Waals surface area contributed by atoms with Crippen molar-refractivity contribution in [3.05, 3.63) is 65.5 Å². The second kappa shape index (κ2) is 7.27. The van der Waals surface area contributed by atoms with Gasteiger partial charge in [-0.3, -0.25) is 4.79 Å². The van der Waals surface area contributed by atoms with Gasteiger partial charge in [-0.15, -0.1) is 0 Å². The molecule has 1 heterocycles. The largest absolute Gasteiger partial charge is 0.372 e. The van der Waals surface area contributed by atoms with Gasteiger partial charge in [0.05, 0.1) is 0 Å². The van der Waals surface area contributed by atoms with Gasteiger partial charge < -0.3 is 10.2 Å². The number of anilines is 1. The van der Waals surface area contributed by atoms with Crippen LogP contribution in [-0.4, -0.2) is 25.5 Å². The molecule has 2 aromatic carbocycles. The number of halogens is 1. The van der Waals surface area contributed by atoms with E-state index in [4.69, 9.17) is 0 Å². The van der Waals surface area contributed by atoms with Gasteiger partial charge in [0.1, 0.15) is 5.82 Å². The van der Waals surface area contributed by atoms with Crippen LogP contribution in [-0.2, 0) is 6.42 Å². The fourth-order valence-corrected chi connectivity index (χ4v) is 2.90. The van der Waals surface area contributed by atoms with E-state index in [0.29, 0.717) is 12.1 Å². The third-order valence-electron chi connectivity index (χ3n) is 4.19. The van der Waals surface area contributed by atoms with Crippen molar-refractivity contribution in [3.8, 4) is 0 Å². The first-order chi connectivity index (χ1) is 11.2. The predicted octanol–water partition coefficient (Wildman–Crippen LogP) is 3.40. The Balaban J connectivity index is 1.49. The number of hydrogen-bond donors (Lipinski definition) is 1. The van der Waals surface area contributed by atoms with Crippen LogP contribution in [0.5, 0.6) is 0 Å². The third kappa shape index (κ3) is 4.09. The first-order valence-corrected chi connectivity index (χ1v) is 8.10. The summed E-state index contributed by atoms with van der Waals surface area (Å²) in [5.41, 5.74) is 2.82. The van der Waals surface area contributed by atoms with E-state index in [9.17, 15) is 9.18 Å². The Morgan fingerprint density at radius 2 is 1.83 bits per heavy atom. The minimum atomic E-state index is -0.393. The van der Waals surface area contributed by atoms with E-state index >= 15 is 0 Å². The summed E-state index contributed by atoms with van der Waals surface area (Å²) in [6.45, 7) is 2.82. The molecule has 1 saturated heterocycles. The van der Waals surface area contributed by atoms with E-state index in [1.54, 1.807) is 12.1 Å². The fourth-order valence-electron chi connectivity index (χ4n) is 2.90. The van der Waals surface area contributed by atoms with Gasteiger partial charge in [-0.05, 0) is 55.2 Å². The molecule has 1 N–H and O–H groups in total. The highest BCUT2D eigenvalue weighted by atomic mass is 19.1. The molecule has 23 heavy (non-hydrogen) atoms. The maximum absolute atomic E-state index is 13.1. The molecule has 1 amide bonds. The summed E-state index contributed by atoms with van der Waals surface area (Å²) in [4.78, 5) is 14.3. The Labute approximate surface area is 136 Å². The summed E-state index contributed by atoms with van der Waals surface area (Å²) in [5.74, 6) is -0.631. The zero-order chi connectivity index (χ0) is 16.1. The zero-order valence-electron chi connectivity index (χ0n) is 13.1. The van der Waals surface area contributed by atoms with Gasteiger partial charge in [-0.1, -0.05) is 18.2 Å². The highest BCUT2D eigenvalue weighted by Gasteiger charge is 2.11. The van der Waals surface area contributed by atoms with E-state index in [1.165, 1.54) is 36.2 Å². The lowest BCUT2D eigenvalue weighted by atomic mass is 10.1. The molecule has 4 heteroatoms. The number of carbonyl (C=O) groups excluding carboxylic acids is 1. The number of hydrogen-bond acceptors (Lipinski definition) is 2. The maximum Gasteiger partial charge on any atom is 0.251 e. The average molecular weight is 312 g/mol. The molecular formula is C19H21FN2O. The Bertz CT molecular complexity index is 663. The summed E-state index contributed by atoms with van der Waals surface area (Å²) in [7, 11) is 0. The Morgan fingerprint density at radius 1 is 1.09 bits per heavy atom. The molecule has 120 valence electrons. The first kappa shape index (κ1) is 15.5. The van der Waals surface area contributed by atoms with Gasteiger partial charge in [-0.2, -0.15) is 0 Å². The van der Waals surface area contributed by atoms with Crippen LogP contribution < -0.4 is 10.2 Å². The minimum absolute atomic E-state index is 0.238. The van der Waals surface area contributed by atoms with Crippen LogP contribution in [0.2, 0.25) is 0 Å². The number of carbonyl (C=O) groups is 1. The number of nitrogens with one attached hydrogen (secondary N) is 1. The SMILES string of the molecule is O=C(NCCc1ccc(N2CCCC2)cc1)c1cccc(F)c1. The van der Waals surface area contributed by atoms with Crippen molar-refractivity contribution >= 4 is 11.6 Å². The van der Waals surface area contributed by atoms with Crippen LogP contribution in [0, 0.1) is 5.82 Å². The molecule has 0 unspecified atom stereocenters. The molecule has 0 aromatic heterocycles. The van der Waals surface area contributed by atoms with Gasteiger partial charge in [0, 0.05) is 30.9 Å². The molecule has 0 bridgehead atoms. The predicted molar refractivity (Wildman–Crippen MR) is 90.3 cm³/mol. The highest BCUT2D eigenvalue weighted by Crippen LogP contribution is 2.20. The van der Waals surface area contributed by atoms with Crippen molar-refractivity contribution in [1.82, 2.24) is 5.32 Å². The molecule has 2 aromatic rings. The molecule has 0 atom stereocenters. The molecule has 0 spiro atoms. The molecule has 0 aliphatic carbocycles. The number of rotatable bonds is 5. The van der Waals surface area contributed by atoms with E-state index in [0.717, 1.165) is 19.5 Å². The maximum atomic E-state index is 13.1. The van der Waals surface area contributed by atoms with Crippen molar-refractivity contribution in [1.29, 1.82) is 0 Å². The number of amides is 1. The van der Waals surface area contributed by atoms with Crippen molar-refractivity contribution < 1.29 is 9.18 Å². The standard InChI is InChI=1S/C19H21FN2O/c20-17-5-3-4-16(14-17)19(23)21-11-10-15-6-8-18(9-7-15)22-12-1-2-13-22/h3-9,14H,1-2,10-13H2,(H,21,23). The molecule has 0 radical (unpaired) electrons. The van der Waals surface area contributed by atoms with Crippen LogP contribution in [0.4, 0.5) is 10.1 Å². The van der Waals surface area contributed by atoms with Crippen molar-refractivity contribution in [2.45, 2.75) is 19.3 Å². The Hall–Kier alpha value is -2.36. The molecule has 3 nitrogen and oxygen atoms in total. The van der Waals surface area contributed by atoms with Crippen LogP contribution in [0.25, 0.3) is 0 Å². The summed E-state index contributed by atoms with van der Waals surface area (Å²) < 4.78 is 13.1.